The van der Waals surface area contributed by atoms with E-state index in [9.17, 15) is 0 Å². The SMILES string of the molecule is ClP(c1ccccc1)(c1ccccc1)(c1ccccc1)C(c1ccccc1)(c1ccccc1)c1ccccc1. The van der Waals surface area contributed by atoms with Gasteiger partial charge < -0.3 is 0 Å². The quantitative estimate of drug-likeness (QED) is 0.140. The average molecular weight is 541 g/mol. The fraction of sp³-hybridized carbons (Fsp3) is 0.0270. The molecule has 0 saturated carbocycles. The second-order valence-electron chi connectivity index (χ2n) is 9.82. The van der Waals surface area contributed by atoms with Crippen LogP contribution in [0.5, 0.6) is 0 Å². The maximum atomic E-state index is 9.03. The van der Waals surface area contributed by atoms with E-state index in [0.717, 1.165) is 32.6 Å². The summed E-state index contributed by atoms with van der Waals surface area (Å²) in [6, 6.07) is 64.9. The Labute approximate surface area is 236 Å². The van der Waals surface area contributed by atoms with E-state index >= 15 is 0 Å². The molecular formula is C37H30ClP. The zero-order chi connectivity index (χ0) is 26.6. The van der Waals surface area contributed by atoms with Crippen molar-refractivity contribution in [1.29, 1.82) is 0 Å². The first-order valence-corrected chi connectivity index (χ1v) is 16.4. The van der Waals surface area contributed by atoms with Gasteiger partial charge in [-0.2, -0.15) is 0 Å². The average Bonchev–Trinajstić information content (AvgIpc) is 3.04. The molecule has 0 radical (unpaired) electrons. The second-order valence-corrected chi connectivity index (χ2v) is 16.1. The van der Waals surface area contributed by atoms with Crippen LogP contribution in [0.3, 0.4) is 0 Å². The first-order chi connectivity index (χ1) is 19.2. The summed E-state index contributed by atoms with van der Waals surface area (Å²) in [5.74, 6) is -4.00. The molecule has 39 heavy (non-hydrogen) atoms. The van der Waals surface area contributed by atoms with E-state index in [0.29, 0.717) is 0 Å². The molecule has 2 heteroatoms. The first kappa shape index (κ1) is 25.3. The van der Waals surface area contributed by atoms with Gasteiger partial charge in [0.05, 0.1) is 0 Å². The maximum absolute atomic E-state index is 9.03. The Morgan fingerprint density at radius 1 is 0.308 bits per heavy atom. The predicted octanol–water partition coefficient (Wildman–Crippen LogP) is 8.66. The second kappa shape index (κ2) is 10.3. The molecule has 0 aliphatic carbocycles. The van der Waals surface area contributed by atoms with E-state index in [1.165, 1.54) is 0 Å². The minimum atomic E-state index is -4.00. The fourth-order valence-electron chi connectivity index (χ4n) is 6.42. The van der Waals surface area contributed by atoms with Crippen molar-refractivity contribution in [3.05, 3.63) is 199 Å². The Bertz CT molecular complexity index is 1440. The Hall–Kier alpha value is -3.96. The molecule has 190 valence electrons. The van der Waals surface area contributed by atoms with Crippen LogP contribution in [0.15, 0.2) is 182 Å². The fourth-order valence-corrected chi connectivity index (χ4v) is 14.5. The predicted molar refractivity (Wildman–Crippen MR) is 170 cm³/mol. The third kappa shape index (κ3) is 3.64. The van der Waals surface area contributed by atoms with Crippen LogP contribution in [-0.4, -0.2) is 0 Å². The molecule has 0 amide bonds. The van der Waals surface area contributed by atoms with E-state index in [1.807, 2.05) is 0 Å². The number of hydrogen-bond acceptors (Lipinski definition) is 0. The Kier molecular flexibility index (Phi) is 6.69. The van der Waals surface area contributed by atoms with Crippen LogP contribution in [0.25, 0.3) is 0 Å². The zero-order valence-corrected chi connectivity index (χ0v) is 23.3. The molecule has 0 bridgehead atoms. The van der Waals surface area contributed by atoms with E-state index in [1.54, 1.807) is 0 Å². The summed E-state index contributed by atoms with van der Waals surface area (Å²) in [5, 5.41) is 2.61. The first-order valence-electron chi connectivity index (χ1n) is 13.3. The van der Waals surface area contributed by atoms with Gasteiger partial charge in [-0.05, 0) is 0 Å². The van der Waals surface area contributed by atoms with Crippen molar-refractivity contribution in [3.8, 4) is 0 Å². The molecule has 0 N–H and O–H groups in total. The Morgan fingerprint density at radius 3 is 0.744 bits per heavy atom. The summed E-state index contributed by atoms with van der Waals surface area (Å²) in [4.78, 5) is 0. The van der Waals surface area contributed by atoms with Gasteiger partial charge in [-0.3, -0.25) is 0 Å². The molecule has 0 atom stereocenters. The van der Waals surface area contributed by atoms with Crippen LogP contribution in [0.2, 0.25) is 0 Å². The van der Waals surface area contributed by atoms with E-state index in [-0.39, 0.29) is 0 Å². The van der Waals surface area contributed by atoms with Gasteiger partial charge in [0.25, 0.3) is 0 Å². The van der Waals surface area contributed by atoms with Crippen molar-refractivity contribution < 1.29 is 0 Å². The summed E-state index contributed by atoms with van der Waals surface area (Å²) in [6.45, 7) is 0. The number of halogens is 1. The number of rotatable bonds is 7. The normalized spacial score (nSPS) is 12.8. The third-order valence-corrected chi connectivity index (χ3v) is 16.3. The summed E-state index contributed by atoms with van der Waals surface area (Å²) < 4.78 is 0. The van der Waals surface area contributed by atoms with Crippen molar-refractivity contribution in [2.75, 3.05) is 0 Å². The van der Waals surface area contributed by atoms with Crippen LogP contribution >= 0.6 is 17.2 Å². The summed E-state index contributed by atoms with van der Waals surface area (Å²) in [7, 11) is 0. The van der Waals surface area contributed by atoms with Crippen LogP contribution < -0.4 is 15.9 Å². The van der Waals surface area contributed by atoms with Crippen LogP contribution in [0, 0.1) is 0 Å². The van der Waals surface area contributed by atoms with Crippen LogP contribution in [-0.2, 0) is 5.16 Å². The molecule has 0 aromatic heterocycles. The molecule has 0 nitrogen and oxygen atoms in total. The van der Waals surface area contributed by atoms with Gasteiger partial charge in [0.15, 0.2) is 0 Å². The molecule has 0 saturated heterocycles. The Morgan fingerprint density at radius 2 is 0.513 bits per heavy atom. The molecule has 6 rings (SSSR count). The van der Waals surface area contributed by atoms with Gasteiger partial charge in [0.1, 0.15) is 0 Å². The monoisotopic (exact) mass is 540 g/mol. The third-order valence-electron chi connectivity index (χ3n) is 7.93. The molecule has 0 spiro atoms. The van der Waals surface area contributed by atoms with Crippen molar-refractivity contribution in [1.82, 2.24) is 0 Å². The van der Waals surface area contributed by atoms with Crippen molar-refractivity contribution in [2.45, 2.75) is 5.16 Å². The summed E-state index contributed by atoms with van der Waals surface area (Å²) in [6.07, 6.45) is 0. The van der Waals surface area contributed by atoms with Crippen LogP contribution in [0.4, 0.5) is 0 Å². The van der Waals surface area contributed by atoms with Gasteiger partial charge in [-0.1, -0.05) is 0 Å². The van der Waals surface area contributed by atoms with E-state index < -0.39 is 11.1 Å². The molecule has 0 aliphatic rings. The van der Waals surface area contributed by atoms with Gasteiger partial charge in [0.2, 0.25) is 0 Å². The number of hydrogen-bond donors (Lipinski definition) is 0. The van der Waals surface area contributed by atoms with E-state index in [4.69, 9.17) is 11.2 Å². The van der Waals surface area contributed by atoms with Crippen molar-refractivity contribution in [3.63, 3.8) is 0 Å². The molecular weight excluding hydrogens is 511 g/mol. The molecule has 0 heterocycles. The van der Waals surface area contributed by atoms with E-state index in [2.05, 4.69) is 182 Å². The molecule has 0 unspecified atom stereocenters. The Balaban J connectivity index is 1.99. The van der Waals surface area contributed by atoms with Crippen molar-refractivity contribution >= 4 is 33.1 Å². The molecule has 6 aromatic rings. The molecule has 0 aliphatic heterocycles. The summed E-state index contributed by atoms with van der Waals surface area (Å²) in [5.41, 5.74) is 3.48. The molecule has 6 aromatic carbocycles. The van der Waals surface area contributed by atoms with Gasteiger partial charge in [0, 0.05) is 0 Å². The van der Waals surface area contributed by atoms with Gasteiger partial charge in [-0.25, -0.2) is 0 Å². The standard InChI is InChI=1S/C37H30ClP/c38-39(34-25-13-4-14-26-34,35-27-15-5-16-28-35,36-29-17-6-18-30-36)37(31-19-7-1-8-20-31,32-21-9-2-10-22-32)33-23-11-3-12-24-33/h1-30H. The molecule has 0 fully saturated rings. The summed E-state index contributed by atoms with van der Waals surface area (Å²) >= 11 is 9.03. The topological polar surface area (TPSA) is 0 Å². The number of benzene rings is 6. The van der Waals surface area contributed by atoms with Gasteiger partial charge >= 0.3 is 237 Å². The van der Waals surface area contributed by atoms with Crippen LogP contribution in [0.1, 0.15) is 16.7 Å². The zero-order valence-electron chi connectivity index (χ0n) is 21.6. The minimum absolute atomic E-state index is 0.763. The van der Waals surface area contributed by atoms with Gasteiger partial charge in [-0.15, -0.1) is 0 Å². The van der Waals surface area contributed by atoms with Crippen molar-refractivity contribution in [2.24, 2.45) is 0 Å².